The Kier molecular flexibility index (Phi) is 2.97. The first-order chi connectivity index (χ1) is 8.24. The van der Waals surface area contributed by atoms with E-state index < -0.39 is 0 Å². The Morgan fingerprint density at radius 1 is 1.24 bits per heavy atom. The molecule has 2 bridgehead atoms. The van der Waals surface area contributed by atoms with E-state index in [1.165, 1.54) is 24.0 Å². The standard InChI is InChI=1S/C15H17ClO/c1-10-2-3-11-8-14(10)15(17-9-11)12-4-6-13(16)7-5-12/h2,4-7,11,14-15H,3,8-9H2,1H3/t11-,14-,15+/m1/s1. The van der Waals surface area contributed by atoms with Gasteiger partial charge in [0.25, 0.3) is 0 Å². The van der Waals surface area contributed by atoms with Gasteiger partial charge < -0.3 is 4.74 Å². The van der Waals surface area contributed by atoms with Crippen LogP contribution in [0.2, 0.25) is 5.02 Å². The molecule has 0 unspecified atom stereocenters. The van der Waals surface area contributed by atoms with E-state index in [0.29, 0.717) is 5.92 Å². The van der Waals surface area contributed by atoms with Gasteiger partial charge in [-0.3, -0.25) is 0 Å². The molecule has 1 nitrogen and oxygen atoms in total. The maximum Gasteiger partial charge on any atom is 0.0890 e. The summed E-state index contributed by atoms with van der Waals surface area (Å²) in [6.45, 7) is 3.13. The summed E-state index contributed by atoms with van der Waals surface area (Å²) >= 11 is 5.93. The summed E-state index contributed by atoms with van der Waals surface area (Å²) in [6, 6.07) is 8.09. The Hall–Kier alpha value is -0.790. The van der Waals surface area contributed by atoms with Crippen molar-refractivity contribution in [3.63, 3.8) is 0 Å². The van der Waals surface area contributed by atoms with Crippen LogP contribution in [0.1, 0.15) is 31.4 Å². The number of rotatable bonds is 1. The van der Waals surface area contributed by atoms with Crippen LogP contribution in [0.25, 0.3) is 0 Å². The zero-order valence-corrected chi connectivity index (χ0v) is 10.8. The van der Waals surface area contributed by atoms with Crippen molar-refractivity contribution in [3.05, 3.63) is 46.5 Å². The summed E-state index contributed by atoms with van der Waals surface area (Å²) in [4.78, 5) is 0. The highest BCUT2D eigenvalue weighted by Gasteiger charge is 2.35. The number of hydrogen-bond acceptors (Lipinski definition) is 1. The van der Waals surface area contributed by atoms with Crippen molar-refractivity contribution in [1.82, 2.24) is 0 Å². The molecular formula is C15H17ClO. The number of allylic oxidation sites excluding steroid dienone is 1. The molecule has 0 aromatic heterocycles. The van der Waals surface area contributed by atoms with E-state index in [1.54, 1.807) is 0 Å². The van der Waals surface area contributed by atoms with Gasteiger partial charge in [-0.15, -0.1) is 0 Å². The largest absolute Gasteiger partial charge is 0.373 e. The number of ether oxygens (including phenoxy) is 1. The second-order valence-electron chi connectivity index (χ2n) is 5.20. The van der Waals surface area contributed by atoms with Crippen LogP contribution >= 0.6 is 11.6 Å². The first-order valence-corrected chi connectivity index (χ1v) is 6.65. The van der Waals surface area contributed by atoms with Crippen molar-refractivity contribution >= 4 is 11.6 Å². The topological polar surface area (TPSA) is 9.23 Å². The van der Waals surface area contributed by atoms with Gasteiger partial charge in [-0.1, -0.05) is 35.4 Å². The molecule has 1 aliphatic heterocycles. The van der Waals surface area contributed by atoms with Gasteiger partial charge >= 0.3 is 0 Å². The van der Waals surface area contributed by atoms with E-state index in [9.17, 15) is 0 Å². The highest BCUT2D eigenvalue weighted by molar-refractivity contribution is 6.30. The van der Waals surface area contributed by atoms with E-state index in [0.717, 1.165) is 17.5 Å². The van der Waals surface area contributed by atoms with E-state index in [4.69, 9.17) is 16.3 Å². The van der Waals surface area contributed by atoms with Crippen molar-refractivity contribution < 1.29 is 4.74 Å². The molecule has 1 aromatic carbocycles. The molecule has 1 heterocycles. The van der Waals surface area contributed by atoms with Crippen LogP contribution in [0.5, 0.6) is 0 Å². The zero-order valence-electron chi connectivity index (χ0n) is 10.0. The highest BCUT2D eigenvalue weighted by Crippen LogP contribution is 2.44. The Labute approximate surface area is 107 Å². The summed E-state index contributed by atoms with van der Waals surface area (Å²) in [5.41, 5.74) is 2.74. The van der Waals surface area contributed by atoms with Crippen LogP contribution in [0, 0.1) is 11.8 Å². The Morgan fingerprint density at radius 3 is 2.76 bits per heavy atom. The van der Waals surface area contributed by atoms with Gasteiger partial charge in [0.2, 0.25) is 0 Å². The second kappa shape index (κ2) is 4.47. The first-order valence-electron chi connectivity index (χ1n) is 6.28. The summed E-state index contributed by atoms with van der Waals surface area (Å²) < 4.78 is 6.06. The molecule has 1 aromatic rings. The van der Waals surface area contributed by atoms with Crippen LogP contribution < -0.4 is 0 Å². The maximum absolute atomic E-state index is 6.06. The number of hydrogen-bond donors (Lipinski definition) is 0. The van der Waals surface area contributed by atoms with Gasteiger partial charge in [0.05, 0.1) is 12.7 Å². The first kappa shape index (κ1) is 11.3. The van der Waals surface area contributed by atoms with Crippen LogP contribution in [0.3, 0.4) is 0 Å². The average Bonchev–Trinajstić information content (AvgIpc) is 2.36. The number of fused-ring (bicyclic) bond motifs is 2. The fourth-order valence-electron chi connectivity index (χ4n) is 2.98. The molecule has 3 rings (SSSR count). The van der Waals surface area contributed by atoms with Crippen molar-refractivity contribution in [3.8, 4) is 0 Å². The molecule has 1 saturated heterocycles. The van der Waals surface area contributed by atoms with Crippen LogP contribution in [0.15, 0.2) is 35.9 Å². The summed E-state index contributed by atoms with van der Waals surface area (Å²) in [5.74, 6) is 1.29. The van der Waals surface area contributed by atoms with Gasteiger partial charge in [-0.25, -0.2) is 0 Å². The van der Waals surface area contributed by atoms with E-state index in [1.807, 2.05) is 12.1 Å². The molecule has 1 fully saturated rings. The Morgan fingerprint density at radius 2 is 2.00 bits per heavy atom. The molecule has 0 spiro atoms. The normalized spacial score (nSPS) is 32.1. The van der Waals surface area contributed by atoms with E-state index in [2.05, 4.69) is 25.1 Å². The molecular weight excluding hydrogens is 232 g/mol. The average molecular weight is 249 g/mol. The van der Waals surface area contributed by atoms with Crippen LogP contribution in [-0.2, 0) is 4.74 Å². The molecule has 1 aliphatic carbocycles. The molecule has 2 aliphatic rings. The number of halogens is 1. The third-order valence-electron chi connectivity index (χ3n) is 4.02. The molecule has 0 radical (unpaired) electrons. The second-order valence-corrected chi connectivity index (χ2v) is 5.63. The monoisotopic (exact) mass is 248 g/mol. The van der Waals surface area contributed by atoms with E-state index in [-0.39, 0.29) is 6.10 Å². The van der Waals surface area contributed by atoms with Gasteiger partial charge in [-0.2, -0.15) is 0 Å². The smallest absolute Gasteiger partial charge is 0.0890 e. The van der Waals surface area contributed by atoms with Crippen molar-refractivity contribution in [2.45, 2.75) is 25.9 Å². The summed E-state index contributed by atoms with van der Waals surface area (Å²) in [5, 5.41) is 0.790. The van der Waals surface area contributed by atoms with Crippen molar-refractivity contribution in [2.24, 2.45) is 11.8 Å². The fourth-order valence-corrected chi connectivity index (χ4v) is 3.11. The molecule has 0 N–H and O–H groups in total. The van der Waals surface area contributed by atoms with Crippen LogP contribution in [0.4, 0.5) is 0 Å². The van der Waals surface area contributed by atoms with Gasteiger partial charge in [0, 0.05) is 10.9 Å². The molecule has 3 atom stereocenters. The van der Waals surface area contributed by atoms with Gasteiger partial charge in [0.1, 0.15) is 0 Å². The lowest BCUT2D eigenvalue weighted by molar-refractivity contribution is -0.0512. The van der Waals surface area contributed by atoms with Gasteiger partial charge in [-0.05, 0) is 43.4 Å². The van der Waals surface area contributed by atoms with E-state index >= 15 is 0 Å². The summed E-state index contributed by atoms with van der Waals surface area (Å²) in [7, 11) is 0. The Bertz CT molecular complexity index is 435. The molecule has 90 valence electrons. The van der Waals surface area contributed by atoms with Crippen molar-refractivity contribution in [2.75, 3.05) is 6.61 Å². The molecule has 0 saturated carbocycles. The maximum atomic E-state index is 6.06. The lowest BCUT2D eigenvalue weighted by Crippen LogP contribution is -2.32. The SMILES string of the molecule is CC1=CC[C@H]2CO[C@@H](c3ccc(Cl)cc3)[C@@H]1C2. The molecule has 2 heteroatoms. The fraction of sp³-hybridized carbons (Fsp3) is 0.467. The van der Waals surface area contributed by atoms with Gasteiger partial charge in [0.15, 0.2) is 0 Å². The molecule has 0 amide bonds. The number of benzene rings is 1. The Balaban J connectivity index is 1.90. The lowest BCUT2D eigenvalue weighted by atomic mass is 9.75. The minimum atomic E-state index is 0.222. The predicted octanol–water partition coefficient (Wildman–Crippen LogP) is 4.38. The lowest BCUT2D eigenvalue weighted by Gasteiger charge is -2.40. The van der Waals surface area contributed by atoms with Crippen LogP contribution in [-0.4, -0.2) is 6.61 Å². The predicted molar refractivity (Wildman–Crippen MR) is 70.1 cm³/mol. The quantitative estimate of drug-likeness (QED) is 0.670. The molecule has 17 heavy (non-hydrogen) atoms. The highest BCUT2D eigenvalue weighted by atomic mass is 35.5. The minimum absolute atomic E-state index is 0.222. The minimum Gasteiger partial charge on any atom is -0.373 e. The zero-order chi connectivity index (χ0) is 11.8. The third-order valence-corrected chi connectivity index (χ3v) is 4.27. The summed E-state index contributed by atoms with van der Waals surface area (Å²) in [6.07, 6.45) is 5.08. The van der Waals surface area contributed by atoms with Crippen molar-refractivity contribution in [1.29, 1.82) is 0 Å². The third kappa shape index (κ3) is 2.14.